The Balaban J connectivity index is 1.85. The standard InChI is InChI=1S/C17H12F3N3O3/c18-17(19,20)11-1-3-22-6-10(11)14(24)15-13(21)9-5-8-7-25-4-2-12(8)23-16(9)26-15/h1,3,5-6H,2,4,7,21H2. The number of nitrogens with zero attached hydrogens (tertiary/aromatic N) is 2. The second-order valence-corrected chi connectivity index (χ2v) is 5.84. The topological polar surface area (TPSA) is 91.2 Å². The lowest BCUT2D eigenvalue weighted by Crippen LogP contribution is -2.14. The Morgan fingerprint density at radius 1 is 1.31 bits per heavy atom. The largest absolute Gasteiger partial charge is 0.432 e. The van der Waals surface area contributed by atoms with Crippen LogP contribution in [0.2, 0.25) is 0 Å². The van der Waals surface area contributed by atoms with Crippen LogP contribution in [0.3, 0.4) is 0 Å². The van der Waals surface area contributed by atoms with E-state index in [2.05, 4.69) is 9.97 Å². The van der Waals surface area contributed by atoms with Crippen molar-refractivity contribution in [3.8, 4) is 0 Å². The summed E-state index contributed by atoms with van der Waals surface area (Å²) in [5.41, 5.74) is 5.88. The van der Waals surface area contributed by atoms with Crippen molar-refractivity contribution in [2.75, 3.05) is 12.3 Å². The van der Waals surface area contributed by atoms with Gasteiger partial charge in [0.15, 0.2) is 0 Å². The molecule has 0 fully saturated rings. The van der Waals surface area contributed by atoms with Crippen molar-refractivity contribution >= 4 is 22.6 Å². The van der Waals surface area contributed by atoms with Crippen molar-refractivity contribution in [3.05, 3.63) is 52.7 Å². The molecule has 3 aromatic heterocycles. The Morgan fingerprint density at radius 3 is 2.88 bits per heavy atom. The molecule has 9 heteroatoms. The molecule has 0 amide bonds. The number of aromatic nitrogens is 2. The minimum Gasteiger partial charge on any atom is -0.432 e. The zero-order valence-corrected chi connectivity index (χ0v) is 13.3. The molecule has 26 heavy (non-hydrogen) atoms. The van der Waals surface area contributed by atoms with Crippen molar-refractivity contribution in [3.63, 3.8) is 0 Å². The van der Waals surface area contributed by atoms with Gasteiger partial charge >= 0.3 is 6.18 Å². The second kappa shape index (κ2) is 5.80. The fourth-order valence-corrected chi connectivity index (χ4v) is 2.92. The predicted molar refractivity (Wildman–Crippen MR) is 84.5 cm³/mol. The molecule has 0 aliphatic carbocycles. The quantitative estimate of drug-likeness (QED) is 0.704. The molecular formula is C17H12F3N3O3. The van der Waals surface area contributed by atoms with Gasteiger partial charge in [-0.25, -0.2) is 4.98 Å². The number of furan rings is 1. The van der Waals surface area contributed by atoms with E-state index < -0.39 is 23.1 Å². The molecule has 0 radical (unpaired) electrons. The monoisotopic (exact) mass is 363 g/mol. The summed E-state index contributed by atoms with van der Waals surface area (Å²) in [6.45, 7) is 0.866. The number of ether oxygens (including phenoxy) is 1. The van der Waals surface area contributed by atoms with Crippen LogP contribution in [0.4, 0.5) is 18.9 Å². The third-order valence-electron chi connectivity index (χ3n) is 4.21. The van der Waals surface area contributed by atoms with Gasteiger partial charge in [0.2, 0.25) is 17.3 Å². The van der Waals surface area contributed by atoms with Gasteiger partial charge in [-0.1, -0.05) is 0 Å². The number of fused-ring (bicyclic) bond motifs is 2. The number of halogens is 3. The van der Waals surface area contributed by atoms with Crippen LogP contribution in [0.15, 0.2) is 28.9 Å². The number of hydrogen-bond acceptors (Lipinski definition) is 6. The SMILES string of the molecule is Nc1c(C(=O)c2cnccc2C(F)(F)F)oc2nc3c(cc12)COCC3. The Labute approximate surface area is 144 Å². The van der Waals surface area contributed by atoms with Gasteiger partial charge in [0, 0.05) is 24.4 Å². The number of ketones is 1. The van der Waals surface area contributed by atoms with Crippen LogP contribution in [0, 0.1) is 0 Å². The molecule has 0 saturated carbocycles. The van der Waals surface area contributed by atoms with Crippen molar-refractivity contribution in [1.29, 1.82) is 0 Å². The fraction of sp³-hybridized carbons (Fsp3) is 0.235. The Kier molecular flexibility index (Phi) is 3.69. The van der Waals surface area contributed by atoms with Crippen LogP contribution < -0.4 is 5.73 Å². The van der Waals surface area contributed by atoms with Gasteiger partial charge in [0.05, 0.1) is 41.1 Å². The van der Waals surface area contributed by atoms with Crippen LogP contribution in [-0.2, 0) is 23.9 Å². The molecule has 1 aliphatic rings. The first-order chi connectivity index (χ1) is 12.4. The number of nitrogens with two attached hydrogens (primary N) is 1. The summed E-state index contributed by atoms with van der Waals surface area (Å²) >= 11 is 0. The minimum atomic E-state index is -4.70. The Morgan fingerprint density at radius 2 is 2.12 bits per heavy atom. The zero-order valence-electron chi connectivity index (χ0n) is 13.3. The number of anilines is 1. The van der Waals surface area contributed by atoms with Crippen molar-refractivity contribution in [2.24, 2.45) is 0 Å². The summed E-state index contributed by atoms with van der Waals surface area (Å²) in [6.07, 6.45) is -2.30. The maximum absolute atomic E-state index is 13.2. The first kappa shape index (κ1) is 16.5. The summed E-state index contributed by atoms with van der Waals surface area (Å²) < 4.78 is 50.3. The highest BCUT2D eigenvalue weighted by Gasteiger charge is 2.36. The number of nitrogen functional groups attached to an aromatic ring is 1. The van der Waals surface area contributed by atoms with E-state index in [1.807, 2.05) is 0 Å². The van der Waals surface area contributed by atoms with Crippen molar-refractivity contribution in [2.45, 2.75) is 19.2 Å². The van der Waals surface area contributed by atoms with Gasteiger partial charge in [0.25, 0.3) is 0 Å². The molecule has 0 aromatic carbocycles. The van der Waals surface area contributed by atoms with Gasteiger partial charge in [-0.2, -0.15) is 13.2 Å². The minimum absolute atomic E-state index is 0.0529. The molecule has 134 valence electrons. The molecule has 2 N–H and O–H groups in total. The number of carbonyl (C=O) groups excluding carboxylic acids is 1. The molecule has 0 bridgehead atoms. The third-order valence-corrected chi connectivity index (χ3v) is 4.21. The van der Waals surface area contributed by atoms with E-state index >= 15 is 0 Å². The maximum Gasteiger partial charge on any atom is 0.417 e. The fourth-order valence-electron chi connectivity index (χ4n) is 2.92. The third kappa shape index (κ3) is 2.60. The van der Waals surface area contributed by atoms with Gasteiger partial charge < -0.3 is 14.9 Å². The molecule has 0 atom stereocenters. The van der Waals surface area contributed by atoms with E-state index in [0.29, 0.717) is 25.0 Å². The zero-order chi connectivity index (χ0) is 18.5. The molecule has 4 heterocycles. The smallest absolute Gasteiger partial charge is 0.417 e. The molecule has 0 spiro atoms. The lowest BCUT2D eigenvalue weighted by Gasteiger charge is -2.14. The first-order valence-corrected chi connectivity index (χ1v) is 7.70. The van der Waals surface area contributed by atoms with E-state index in [9.17, 15) is 18.0 Å². The van der Waals surface area contributed by atoms with Gasteiger partial charge in [-0.05, 0) is 12.1 Å². The average Bonchev–Trinajstić information content (AvgIpc) is 2.94. The number of pyridine rings is 2. The normalized spacial score (nSPS) is 14.4. The predicted octanol–water partition coefficient (Wildman–Crippen LogP) is 3.13. The van der Waals surface area contributed by atoms with Crippen molar-refractivity contribution < 1.29 is 27.1 Å². The highest BCUT2D eigenvalue weighted by atomic mass is 19.4. The van der Waals surface area contributed by atoms with Gasteiger partial charge in [-0.3, -0.25) is 9.78 Å². The lowest BCUT2D eigenvalue weighted by atomic mass is 10.0. The second-order valence-electron chi connectivity index (χ2n) is 5.84. The first-order valence-electron chi connectivity index (χ1n) is 7.70. The number of rotatable bonds is 2. The molecule has 4 rings (SSSR count). The van der Waals surface area contributed by atoms with E-state index in [1.165, 1.54) is 0 Å². The molecule has 3 aromatic rings. The van der Waals surface area contributed by atoms with Gasteiger partial charge in [-0.15, -0.1) is 0 Å². The summed E-state index contributed by atoms with van der Waals surface area (Å²) in [5, 5.41) is 0.370. The molecule has 0 unspecified atom stereocenters. The number of alkyl halides is 3. The van der Waals surface area contributed by atoms with E-state index in [4.69, 9.17) is 14.9 Å². The Hall–Kier alpha value is -2.94. The Bertz CT molecular complexity index is 1030. The van der Waals surface area contributed by atoms with Crippen LogP contribution in [0.25, 0.3) is 11.1 Å². The molecule has 6 nitrogen and oxygen atoms in total. The maximum atomic E-state index is 13.2. The molecular weight excluding hydrogens is 351 g/mol. The molecule has 0 saturated heterocycles. The van der Waals surface area contributed by atoms with Crippen molar-refractivity contribution in [1.82, 2.24) is 9.97 Å². The lowest BCUT2D eigenvalue weighted by molar-refractivity contribution is -0.137. The summed E-state index contributed by atoms with van der Waals surface area (Å²) in [6, 6.07) is 2.43. The van der Waals surface area contributed by atoms with Crippen LogP contribution in [0.1, 0.15) is 32.9 Å². The average molecular weight is 363 g/mol. The van der Waals surface area contributed by atoms with E-state index in [-0.39, 0.29) is 17.2 Å². The van der Waals surface area contributed by atoms with E-state index in [0.717, 1.165) is 29.7 Å². The highest BCUT2D eigenvalue weighted by molar-refractivity contribution is 6.14. The number of carbonyl (C=O) groups is 1. The summed E-state index contributed by atoms with van der Waals surface area (Å²) in [4.78, 5) is 20.6. The number of hydrogen-bond donors (Lipinski definition) is 1. The van der Waals surface area contributed by atoms with E-state index in [1.54, 1.807) is 6.07 Å². The molecule has 1 aliphatic heterocycles. The van der Waals surface area contributed by atoms with Crippen LogP contribution in [-0.4, -0.2) is 22.4 Å². The highest BCUT2D eigenvalue weighted by Crippen LogP contribution is 2.35. The summed E-state index contributed by atoms with van der Waals surface area (Å²) in [7, 11) is 0. The van der Waals surface area contributed by atoms with Crippen LogP contribution >= 0.6 is 0 Å². The van der Waals surface area contributed by atoms with Crippen LogP contribution in [0.5, 0.6) is 0 Å². The summed E-state index contributed by atoms with van der Waals surface area (Å²) in [5.74, 6) is -1.37. The van der Waals surface area contributed by atoms with Gasteiger partial charge in [0.1, 0.15) is 0 Å².